The van der Waals surface area contributed by atoms with E-state index < -0.39 is 5.97 Å². The minimum Gasteiger partial charge on any atom is -0.497 e. The summed E-state index contributed by atoms with van der Waals surface area (Å²) in [7, 11) is 1.61. The van der Waals surface area contributed by atoms with Gasteiger partial charge in [-0.3, -0.25) is 4.79 Å². The Hall–Kier alpha value is -2.24. The van der Waals surface area contributed by atoms with Crippen molar-refractivity contribution in [1.82, 2.24) is 10.6 Å². The van der Waals surface area contributed by atoms with E-state index in [4.69, 9.17) is 9.84 Å². The number of ether oxygens (including phenoxy) is 1. The summed E-state index contributed by atoms with van der Waals surface area (Å²) in [5.41, 5.74) is 0.991. The number of hydrogen-bond donors (Lipinski definition) is 3. The first-order valence-electron chi connectivity index (χ1n) is 7.48. The summed E-state index contributed by atoms with van der Waals surface area (Å²) in [5.74, 6) is -0.216. The third kappa shape index (κ3) is 4.65. The molecule has 0 radical (unpaired) electrons. The molecule has 2 rings (SSSR count). The van der Waals surface area contributed by atoms with Crippen LogP contribution in [0.3, 0.4) is 0 Å². The van der Waals surface area contributed by atoms with Gasteiger partial charge in [-0.25, -0.2) is 4.79 Å². The van der Waals surface area contributed by atoms with Crippen LogP contribution in [0.25, 0.3) is 0 Å². The Balaban J connectivity index is 1.70. The quantitative estimate of drug-likeness (QED) is 0.777. The lowest BCUT2D eigenvalue weighted by Gasteiger charge is -2.26. The molecule has 3 N–H and O–H groups in total. The van der Waals surface area contributed by atoms with Crippen LogP contribution < -0.4 is 15.4 Å². The van der Waals surface area contributed by atoms with Crippen LogP contribution in [-0.2, 0) is 11.3 Å². The van der Waals surface area contributed by atoms with Gasteiger partial charge in [-0.05, 0) is 43.4 Å². The predicted molar refractivity (Wildman–Crippen MR) is 81.7 cm³/mol. The number of carbonyl (C=O) groups is 2. The van der Waals surface area contributed by atoms with E-state index in [-0.39, 0.29) is 18.0 Å². The van der Waals surface area contributed by atoms with Crippen LogP contribution in [0, 0.1) is 5.92 Å². The van der Waals surface area contributed by atoms with Gasteiger partial charge in [0.25, 0.3) is 0 Å². The molecule has 0 aromatic heterocycles. The van der Waals surface area contributed by atoms with Crippen molar-refractivity contribution in [2.75, 3.05) is 7.11 Å². The molecule has 6 nitrogen and oxygen atoms in total. The second-order valence-corrected chi connectivity index (χ2v) is 5.56. The second kappa shape index (κ2) is 7.68. The molecule has 0 spiro atoms. The highest BCUT2D eigenvalue weighted by molar-refractivity contribution is 5.74. The van der Waals surface area contributed by atoms with Gasteiger partial charge >= 0.3 is 12.0 Å². The van der Waals surface area contributed by atoms with E-state index in [9.17, 15) is 9.59 Å². The third-order valence-electron chi connectivity index (χ3n) is 4.02. The van der Waals surface area contributed by atoms with Crippen LogP contribution in [0.4, 0.5) is 4.79 Å². The number of benzene rings is 1. The Labute approximate surface area is 129 Å². The third-order valence-corrected chi connectivity index (χ3v) is 4.02. The Kier molecular flexibility index (Phi) is 5.63. The van der Waals surface area contributed by atoms with Crippen molar-refractivity contribution < 1.29 is 19.4 Å². The molecule has 1 fully saturated rings. The monoisotopic (exact) mass is 306 g/mol. The van der Waals surface area contributed by atoms with Gasteiger partial charge in [0.15, 0.2) is 0 Å². The molecule has 6 heteroatoms. The van der Waals surface area contributed by atoms with Gasteiger partial charge in [-0.15, -0.1) is 0 Å². The summed E-state index contributed by atoms with van der Waals surface area (Å²) < 4.78 is 5.08. The van der Waals surface area contributed by atoms with Gasteiger partial charge in [0.05, 0.1) is 13.0 Å². The lowest BCUT2D eigenvalue weighted by Crippen LogP contribution is -2.43. The van der Waals surface area contributed by atoms with Crippen LogP contribution in [0.2, 0.25) is 0 Å². The topological polar surface area (TPSA) is 87.7 Å². The summed E-state index contributed by atoms with van der Waals surface area (Å²) >= 11 is 0. The van der Waals surface area contributed by atoms with Crippen LogP contribution in [0.15, 0.2) is 24.3 Å². The second-order valence-electron chi connectivity index (χ2n) is 5.56. The summed E-state index contributed by atoms with van der Waals surface area (Å²) in [6.07, 6.45) is 2.68. The smallest absolute Gasteiger partial charge is 0.315 e. The highest BCUT2D eigenvalue weighted by atomic mass is 16.5. The molecule has 1 aromatic rings. The normalized spacial score (nSPS) is 21.0. The summed E-state index contributed by atoms with van der Waals surface area (Å²) in [6.45, 7) is 0.445. The van der Waals surface area contributed by atoms with E-state index in [1.54, 1.807) is 7.11 Å². The molecule has 2 amide bonds. The number of methoxy groups -OCH3 is 1. The van der Waals surface area contributed by atoms with Crippen LogP contribution in [-0.4, -0.2) is 30.3 Å². The number of carboxylic acids is 1. The fraction of sp³-hybridized carbons (Fsp3) is 0.500. The minimum absolute atomic E-state index is 0.0615. The largest absolute Gasteiger partial charge is 0.497 e. The maximum atomic E-state index is 11.9. The standard InChI is InChI=1S/C16H22N2O4/c1-22-14-8-2-11(3-9-14)10-17-16(21)18-13-6-4-12(5-7-13)15(19)20/h2-3,8-9,12-13H,4-7,10H2,1H3,(H,19,20)(H2,17,18,21). The van der Waals surface area contributed by atoms with Gasteiger partial charge in [0.1, 0.15) is 5.75 Å². The molecular weight excluding hydrogens is 284 g/mol. The highest BCUT2D eigenvalue weighted by Crippen LogP contribution is 2.24. The van der Waals surface area contributed by atoms with Crippen LogP contribution in [0.5, 0.6) is 5.75 Å². The Morgan fingerprint density at radius 3 is 2.36 bits per heavy atom. The van der Waals surface area contributed by atoms with E-state index in [1.807, 2.05) is 24.3 Å². The zero-order valence-electron chi connectivity index (χ0n) is 12.7. The minimum atomic E-state index is -0.734. The number of hydrogen-bond acceptors (Lipinski definition) is 3. The Morgan fingerprint density at radius 2 is 1.82 bits per heavy atom. The predicted octanol–water partition coefficient (Wildman–Crippen LogP) is 2.14. The van der Waals surface area contributed by atoms with Crippen molar-refractivity contribution in [3.63, 3.8) is 0 Å². The Morgan fingerprint density at radius 1 is 1.18 bits per heavy atom. The van der Waals surface area contributed by atoms with Gasteiger partial charge < -0.3 is 20.5 Å². The Bertz CT molecular complexity index is 507. The van der Waals surface area contributed by atoms with E-state index >= 15 is 0 Å². The van der Waals surface area contributed by atoms with E-state index in [0.29, 0.717) is 32.2 Å². The molecule has 1 aromatic carbocycles. The average molecular weight is 306 g/mol. The zero-order chi connectivity index (χ0) is 15.9. The van der Waals surface area contributed by atoms with Gasteiger partial charge in [0.2, 0.25) is 0 Å². The number of rotatable bonds is 5. The fourth-order valence-electron chi connectivity index (χ4n) is 2.65. The molecule has 1 saturated carbocycles. The molecule has 0 atom stereocenters. The number of nitrogens with one attached hydrogen (secondary N) is 2. The molecule has 120 valence electrons. The molecule has 1 aliphatic rings. The first-order valence-corrected chi connectivity index (χ1v) is 7.48. The van der Waals surface area contributed by atoms with Crippen LogP contribution in [0.1, 0.15) is 31.2 Å². The van der Waals surface area contributed by atoms with Crippen molar-refractivity contribution in [2.45, 2.75) is 38.3 Å². The number of amides is 2. The zero-order valence-corrected chi connectivity index (χ0v) is 12.7. The van der Waals surface area contributed by atoms with Crippen molar-refractivity contribution in [1.29, 1.82) is 0 Å². The van der Waals surface area contributed by atoms with E-state index in [1.165, 1.54) is 0 Å². The molecule has 0 aliphatic heterocycles. The number of carboxylic acid groups (broad SMARTS) is 1. The summed E-state index contributed by atoms with van der Waals surface area (Å²) in [4.78, 5) is 22.7. The van der Waals surface area contributed by atoms with Crippen molar-refractivity contribution in [3.8, 4) is 5.75 Å². The van der Waals surface area contributed by atoms with Gasteiger partial charge in [-0.2, -0.15) is 0 Å². The first-order chi connectivity index (χ1) is 10.6. The van der Waals surface area contributed by atoms with Crippen molar-refractivity contribution in [2.24, 2.45) is 5.92 Å². The number of urea groups is 1. The van der Waals surface area contributed by atoms with Crippen LogP contribution >= 0.6 is 0 Å². The van der Waals surface area contributed by atoms with E-state index in [2.05, 4.69) is 10.6 Å². The van der Waals surface area contributed by atoms with Gasteiger partial charge in [0, 0.05) is 12.6 Å². The SMILES string of the molecule is COc1ccc(CNC(=O)NC2CCC(C(=O)O)CC2)cc1. The molecule has 22 heavy (non-hydrogen) atoms. The number of aliphatic carboxylic acids is 1. The maximum Gasteiger partial charge on any atom is 0.315 e. The molecule has 0 saturated heterocycles. The summed E-state index contributed by atoms with van der Waals surface area (Å²) in [6, 6.07) is 7.35. The molecular formula is C16H22N2O4. The van der Waals surface area contributed by atoms with E-state index in [0.717, 1.165) is 11.3 Å². The highest BCUT2D eigenvalue weighted by Gasteiger charge is 2.26. The molecule has 0 heterocycles. The lowest BCUT2D eigenvalue weighted by atomic mass is 9.86. The summed E-state index contributed by atoms with van der Waals surface area (Å²) in [5, 5.41) is 14.7. The molecule has 0 bridgehead atoms. The lowest BCUT2D eigenvalue weighted by molar-refractivity contribution is -0.142. The molecule has 1 aliphatic carbocycles. The average Bonchev–Trinajstić information content (AvgIpc) is 2.54. The first kappa shape index (κ1) is 16.1. The number of carbonyl (C=O) groups excluding carboxylic acids is 1. The van der Waals surface area contributed by atoms with Crippen molar-refractivity contribution in [3.05, 3.63) is 29.8 Å². The maximum absolute atomic E-state index is 11.9. The van der Waals surface area contributed by atoms with Gasteiger partial charge in [-0.1, -0.05) is 12.1 Å². The fourth-order valence-corrected chi connectivity index (χ4v) is 2.65. The van der Waals surface area contributed by atoms with Crippen molar-refractivity contribution >= 4 is 12.0 Å². The molecule has 0 unspecified atom stereocenters.